The number of amides is 1. The number of rotatable bonds is 6. The Bertz CT molecular complexity index is 658. The third-order valence-corrected chi connectivity index (χ3v) is 4.72. The van der Waals surface area contributed by atoms with Crippen LogP contribution in [0.3, 0.4) is 0 Å². The van der Waals surface area contributed by atoms with Crippen molar-refractivity contribution in [3.05, 3.63) is 46.7 Å². The van der Waals surface area contributed by atoms with Gasteiger partial charge in [0.2, 0.25) is 5.91 Å². The van der Waals surface area contributed by atoms with Gasteiger partial charge in [0, 0.05) is 16.6 Å². The number of hydrogen-bond acceptors (Lipinski definition) is 4. The second-order valence-electron chi connectivity index (χ2n) is 4.37. The largest absolute Gasteiger partial charge is 0.342 e. The van der Waals surface area contributed by atoms with Gasteiger partial charge in [-0.1, -0.05) is 24.3 Å². The van der Waals surface area contributed by atoms with E-state index in [4.69, 9.17) is 5.26 Å². The molecular formula is C15H14N2O2S2. The third kappa shape index (κ3) is 4.81. The quantitative estimate of drug-likeness (QED) is 0.831. The average molecular weight is 318 g/mol. The van der Waals surface area contributed by atoms with Crippen molar-refractivity contribution in [3.8, 4) is 17.2 Å². The van der Waals surface area contributed by atoms with Gasteiger partial charge in [0.05, 0.1) is 6.07 Å². The van der Waals surface area contributed by atoms with E-state index in [1.807, 2.05) is 35.7 Å². The maximum absolute atomic E-state index is 11.9. The number of thiophene rings is 1. The van der Waals surface area contributed by atoms with Crippen molar-refractivity contribution in [3.63, 3.8) is 0 Å². The van der Waals surface area contributed by atoms with Crippen molar-refractivity contribution >= 4 is 28.0 Å². The van der Waals surface area contributed by atoms with Gasteiger partial charge in [0.15, 0.2) is 0 Å². The maximum Gasteiger partial charge on any atom is 0.233 e. The number of hydrogen-bond donors (Lipinski definition) is 1. The van der Waals surface area contributed by atoms with Crippen LogP contribution in [0.5, 0.6) is 0 Å². The average Bonchev–Trinajstić information content (AvgIpc) is 3.00. The second-order valence-corrected chi connectivity index (χ2v) is 6.61. The van der Waals surface area contributed by atoms with Crippen LogP contribution >= 0.6 is 11.3 Å². The highest BCUT2D eigenvalue weighted by molar-refractivity contribution is 7.84. The molecule has 0 aliphatic carbocycles. The maximum atomic E-state index is 11.9. The van der Waals surface area contributed by atoms with Crippen LogP contribution in [0.4, 0.5) is 0 Å². The molecule has 1 aromatic carbocycles. The Morgan fingerprint density at radius 3 is 2.62 bits per heavy atom. The third-order valence-electron chi connectivity index (χ3n) is 2.79. The Balaban J connectivity index is 1.90. The van der Waals surface area contributed by atoms with Crippen molar-refractivity contribution in [1.29, 1.82) is 5.26 Å². The first-order valence-corrected chi connectivity index (χ1v) is 8.72. The molecule has 0 radical (unpaired) electrons. The fourth-order valence-corrected chi connectivity index (χ4v) is 3.52. The molecule has 108 valence electrons. The van der Waals surface area contributed by atoms with Crippen LogP contribution in [-0.2, 0) is 21.3 Å². The summed E-state index contributed by atoms with van der Waals surface area (Å²) in [5.41, 5.74) is 3.22. The fourth-order valence-electron chi connectivity index (χ4n) is 1.79. The van der Waals surface area contributed by atoms with Crippen molar-refractivity contribution in [2.45, 2.75) is 5.75 Å². The first-order chi connectivity index (χ1) is 10.2. The summed E-state index contributed by atoms with van der Waals surface area (Å²) in [6, 6.07) is 11.7. The number of carbonyl (C=O) groups is 1. The van der Waals surface area contributed by atoms with Crippen molar-refractivity contribution in [2.75, 3.05) is 12.3 Å². The van der Waals surface area contributed by atoms with Crippen LogP contribution in [0.25, 0.3) is 11.1 Å². The molecule has 0 saturated carbocycles. The molecule has 1 atom stereocenters. The molecule has 2 aromatic rings. The molecule has 1 heterocycles. The molecule has 4 nitrogen and oxygen atoms in total. The first-order valence-electron chi connectivity index (χ1n) is 6.29. The summed E-state index contributed by atoms with van der Waals surface area (Å²) in [5, 5.41) is 14.8. The second kappa shape index (κ2) is 7.72. The molecule has 0 aliphatic heterocycles. The lowest BCUT2D eigenvalue weighted by Crippen LogP contribution is -2.28. The summed E-state index contributed by atoms with van der Waals surface area (Å²) in [7, 11) is -1.27. The smallest absolute Gasteiger partial charge is 0.233 e. The van der Waals surface area contributed by atoms with Crippen LogP contribution in [0, 0.1) is 11.3 Å². The van der Waals surface area contributed by atoms with Crippen LogP contribution in [0.15, 0.2) is 41.1 Å². The minimum absolute atomic E-state index is 0.0502. The Morgan fingerprint density at radius 2 is 2.00 bits per heavy atom. The minimum Gasteiger partial charge on any atom is -0.342 e. The van der Waals surface area contributed by atoms with Crippen molar-refractivity contribution in [1.82, 2.24) is 5.32 Å². The zero-order chi connectivity index (χ0) is 15.1. The molecule has 0 bridgehead atoms. The molecule has 1 N–H and O–H groups in total. The number of carbonyl (C=O) groups excluding carboxylic acids is 1. The highest BCUT2D eigenvalue weighted by Crippen LogP contribution is 2.22. The van der Waals surface area contributed by atoms with E-state index in [1.54, 1.807) is 11.3 Å². The highest BCUT2D eigenvalue weighted by Gasteiger charge is 2.08. The van der Waals surface area contributed by atoms with Gasteiger partial charge in [-0.15, -0.1) is 0 Å². The molecule has 1 aromatic heterocycles. The Hall–Kier alpha value is -1.97. The molecular weight excluding hydrogens is 304 g/mol. The fraction of sp³-hybridized carbons (Fsp3) is 0.200. The summed E-state index contributed by atoms with van der Waals surface area (Å²) in [6.45, 7) is -0.0502. The van der Waals surface area contributed by atoms with E-state index in [0.717, 1.165) is 11.1 Å². The summed E-state index contributed by atoms with van der Waals surface area (Å²) < 4.78 is 11.9. The zero-order valence-corrected chi connectivity index (χ0v) is 12.9. The lowest BCUT2D eigenvalue weighted by atomic mass is 10.1. The first kappa shape index (κ1) is 15.4. The van der Waals surface area contributed by atoms with E-state index in [2.05, 4.69) is 16.8 Å². The Kier molecular flexibility index (Phi) is 5.67. The number of benzene rings is 1. The summed E-state index contributed by atoms with van der Waals surface area (Å²) >= 11 is 1.65. The van der Waals surface area contributed by atoms with Gasteiger partial charge >= 0.3 is 0 Å². The van der Waals surface area contributed by atoms with E-state index in [1.165, 1.54) is 5.56 Å². The van der Waals surface area contributed by atoms with Gasteiger partial charge in [0.1, 0.15) is 12.3 Å². The topological polar surface area (TPSA) is 70.0 Å². The predicted molar refractivity (Wildman–Crippen MR) is 85.1 cm³/mol. The lowest BCUT2D eigenvalue weighted by molar-refractivity contribution is -0.118. The van der Waals surface area contributed by atoms with E-state index in [-0.39, 0.29) is 18.2 Å². The normalized spacial score (nSPS) is 11.6. The zero-order valence-electron chi connectivity index (χ0n) is 11.2. The molecule has 0 aliphatic rings. The number of nitrogens with one attached hydrogen (secondary N) is 1. The molecule has 0 fully saturated rings. The Morgan fingerprint density at radius 1 is 1.24 bits per heavy atom. The highest BCUT2D eigenvalue weighted by atomic mass is 32.2. The summed E-state index contributed by atoms with van der Waals surface area (Å²) in [6.07, 6.45) is 0. The molecule has 0 spiro atoms. The van der Waals surface area contributed by atoms with Crippen LogP contribution in [0.2, 0.25) is 0 Å². The van der Waals surface area contributed by atoms with Gasteiger partial charge < -0.3 is 5.32 Å². The van der Waals surface area contributed by atoms with Gasteiger partial charge in [-0.2, -0.15) is 16.6 Å². The molecule has 2 rings (SSSR count). The van der Waals surface area contributed by atoms with Gasteiger partial charge in [0.25, 0.3) is 0 Å². The molecule has 21 heavy (non-hydrogen) atoms. The van der Waals surface area contributed by atoms with E-state index in [9.17, 15) is 9.00 Å². The van der Waals surface area contributed by atoms with Crippen LogP contribution < -0.4 is 5.32 Å². The summed E-state index contributed by atoms with van der Waals surface area (Å²) in [4.78, 5) is 11.4. The van der Waals surface area contributed by atoms with E-state index < -0.39 is 10.8 Å². The van der Waals surface area contributed by atoms with Gasteiger partial charge in [-0.25, -0.2) is 0 Å². The molecule has 0 saturated heterocycles. The summed E-state index contributed by atoms with van der Waals surface area (Å²) in [5.74, 6) is -0.0949. The van der Waals surface area contributed by atoms with Crippen molar-refractivity contribution < 1.29 is 9.00 Å². The van der Waals surface area contributed by atoms with E-state index >= 15 is 0 Å². The van der Waals surface area contributed by atoms with Crippen LogP contribution in [-0.4, -0.2) is 22.4 Å². The van der Waals surface area contributed by atoms with Gasteiger partial charge in [-0.3, -0.25) is 9.00 Å². The number of nitriles is 1. The molecule has 1 amide bonds. The SMILES string of the molecule is N#CCNC(=O)CS(=O)Cc1ccc(-c2ccsc2)cc1. The molecule has 6 heteroatoms. The lowest BCUT2D eigenvalue weighted by Gasteiger charge is -2.04. The van der Waals surface area contributed by atoms with Crippen LogP contribution in [0.1, 0.15) is 5.56 Å². The van der Waals surface area contributed by atoms with E-state index in [0.29, 0.717) is 5.75 Å². The minimum atomic E-state index is -1.27. The number of nitrogens with zero attached hydrogens (tertiary/aromatic N) is 1. The van der Waals surface area contributed by atoms with Gasteiger partial charge in [-0.05, 0) is 33.5 Å². The monoisotopic (exact) mass is 318 g/mol. The Labute approximate surface area is 129 Å². The van der Waals surface area contributed by atoms with Crippen molar-refractivity contribution in [2.24, 2.45) is 0 Å². The molecule has 1 unspecified atom stereocenters. The predicted octanol–water partition coefficient (Wildman–Crippen LogP) is 2.30. The standard InChI is InChI=1S/C15H14N2O2S2/c16-6-7-17-15(18)11-21(19)10-12-1-3-13(4-2-12)14-5-8-20-9-14/h1-5,8-9H,7,10-11H2,(H,17,18).